The Hall–Kier alpha value is -2.63. The van der Waals surface area contributed by atoms with Gasteiger partial charge in [0.1, 0.15) is 5.82 Å². The van der Waals surface area contributed by atoms with Crippen molar-refractivity contribution in [2.45, 2.75) is 0 Å². The summed E-state index contributed by atoms with van der Waals surface area (Å²) in [6, 6.07) is 5.64. The highest BCUT2D eigenvalue weighted by Crippen LogP contribution is 2.24. The fourth-order valence-electron chi connectivity index (χ4n) is 1.53. The molecule has 2 aromatic rings. The number of pyridine rings is 1. The van der Waals surface area contributed by atoms with Crippen molar-refractivity contribution in [1.82, 2.24) is 4.98 Å². The third-order valence-electron chi connectivity index (χ3n) is 2.51. The Kier molecular flexibility index (Phi) is 3.61. The lowest BCUT2D eigenvalue weighted by Gasteiger charge is -2.10. The Morgan fingerprint density at radius 3 is 2.79 bits per heavy atom. The van der Waals surface area contributed by atoms with Crippen LogP contribution in [0.5, 0.6) is 0 Å². The third kappa shape index (κ3) is 2.79. The van der Waals surface area contributed by atoms with Crippen molar-refractivity contribution in [3.63, 3.8) is 0 Å². The van der Waals surface area contributed by atoms with Crippen LogP contribution in [0.15, 0.2) is 36.7 Å². The second kappa shape index (κ2) is 5.34. The summed E-state index contributed by atoms with van der Waals surface area (Å²) < 4.78 is 18.4. The van der Waals surface area contributed by atoms with E-state index in [1.54, 1.807) is 12.3 Å². The number of hydrogen-bond acceptors (Lipinski definition) is 5. The van der Waals surface area contributed by atoms with Crippen LogP contribution in [0.3, 0.4) is 0 Å². The minimum Gasteiger partial charge on any atom is -0.465 e. The van der Waals surface area contributed by atoms with Gasteiger partial charge in [0.05, 0.1) is 35.9 Å². The summed E-state index contributed by atoms with van der Waals surface area (Å²) in [6.07, 6.45) is 3.00. The number of methoxy groups -OCH3 is 1. The van der Waals surface area contributed by atoms with Gasteiger partial charge in [-0.3, -0.25) is 4.98 Å². The molecule has 0 spiro atoms. The molecule has 0 saturated heterocycles. The van der Waals surface area contributed by atoms with Gasteiger partial charge in [-0.1, -0.05) is 0 Å². The molecule has 0 radical (unpaired) electrons. The zero-order chi connectivity index (χ0) is 13.8. The highest BCUT2D eigenvalue weighted by Gasteiger charge is 2.10. The fourth-order valence-corrected chi connectivity index (χ4v) is 1.53. The number of aromatic nitrogens is 1. The van der Waals surface area contributed by atoms with Crippen molar-refractivity contribution in [3.05, 3.63) is 48.0 Å². The first-order chi connectivity index (χ1) is 9.11. The molecule has 0 atom stereocenters. The molecule has 0 fully saturated rings. The summed E-state index contributed by atoms with van der Waals surface area (Å²) in [5, 5.41) is 2.83. The predicted octanol–water partition coefficient (Wildman–Crippen LogP) is 2.33. The highest BCUT2D eigenvalue weighted by atomic mass is 19.1. The Balaban J connectivity index is 2.27. The summed E-state index contributed by atoms with van der Waals surface area (Å²) in [6.45, 7) is 0. The summed E-state index contributed by atoms with van der Waals surface area (Å²) in [7, 11) is 1.24. The molecular weight excluding hydrogens is 249 g/mol. The van der Waals surface area contributed by atoms with E-state index in [0.29, 0.717) is 11.4 Å². The van der Waals surface area contributed by atoms with Crippen LogP contribution in [-0.4, -0.2) is 18.1 Å². The molecule has 0 unspecified atom stereocenters. The van der Waals surface area contributed by atoms with Crippen molar-refractivity contribution < 1.29 is 13.9 Å². The first kappa shape index (κ1) is 12.8. The average molecular weight is 261 g/mol. The number of nitrogens with two attached hydrogens (primary N) is 1. The quantitative estimate of drug-likeness (QED) is 0.829. The summed E-state index contributed by atoms with van der Waals surface area (Å²) in [4.78, 5) is 15.1. The lowest BCUT2D eigenvalue weighted by atomic mass is 10.2. The number of nitrogen functional groups attached to an aromatic ring is 1. The van der Waals surface area contributed by atoms with Crippen LogP contribution in [0.1, 0.15) is 10.4 Å². The molecule has 0 amide bonds. The molecule has 0 aliphatic rings. The average Bonchev–Trinajstić information content (AvgIpc) is 2.42. The molecule has 0 bridgehead atoms. The number of hydrogen-bond donors (Lipinski definition) is 2. The molecule has 1 aromatic carbocycles. The maximum atomic E-state index is 13.8. The molecule has 0 aliphatic heterocycles. The van der Waals surface area contributed by atoms with Crippen molar-refractivity contribution in [2.24, 2.45) is 0 Å². The Morgan fingerprint density at radius 2 is 2.16 bits per heavy atom. The first-order valence-electron chi connectivity index (χ1n) is 5.46. The maximum Gasteiger partial charge on any atom is 0.337 e. The Bertz CT molecular complexity index is 617. The van der Waals surface area contributed by atoms with Crippen molar-refractivity contribution >= 4 is 23.0 Å². The number of halogens is 1. The van der Waals surface area contributed by atoms with E-state index in [4.69, 9.17) is 5.73 Å². The lowest BCUT2D eigenvalue weighted by Crippen LogP contribution is -2.03. The van der Waals surface area contributed by atoms with Crippen LogP contribution in [-0.2, 0) is 4.74 Å². The number of nitrogens with one attached hydrogen (secondary N) is 1. The molecule has 5 nitrogen and oxygen atoms in total. The summed E-state index contributed by atoms with van der Waals surface area (Å²) in [5.74, 6) is -1.16. The third-order valence-corrected chi connectivity index (χ3v) is 2.51. The molecule has 19 heavy (non-hydrogen) atoms. The van der Waals surface area contributed by atoms with Crippen molar-refractivity contribution in [3.8, 4) is 0 Å². The number of anilines is 3. The number of ether oxygens (including phenoxy) is 1. The minimum atomic E-state index is -0.589. The smallest absolute Gasteiger partial charge is 0.337 e. The van der Waals surface area contributed by atoms with Crippen molar-refractivity contribution in [1.29, 1.82) is 0 Å². The predicted molar refractivity (Wildman–Crippen MR) is 69.7 cm³/mol. The standard InChI is InChI=1S/C13H12FN3O2/c1-19-13(18)8-2-3-11(9(14)6-8)17-12-4-5-16-7-10(12)15/h2-7H,15H2,1H3,(H,16,17). The highest BCUT2D eigenvalue weighted by molar-refractivity contribution is 5.90. The topological polar surface area (TPSA) is 77.2 Å². The largest absolute Gasteiger partial charge is 0.465 e. The fraction of sp³-hybridized carbons (Fsp3) is 0.0769. The normalized spacial score (nSPS) is 10.0. The maximum absolute atomic E-state index is 13.8. The number of rotatable bonds is 3. The van der Waals surface area contributed by atoms with Gasteiger partial charge < -0.3 is 15.8 Å². The van der Waals surface area contributed by atoms with E-state index in [1.165, 1.54) is 25.4 Å². The van der Waals surface area contributed by atoms with E-state index >= 15 is 0 Å². The summed E-state index contributed by atoms with van der Waals surface area (Å²) >= 11 is 0. The van der Waals surface area contributed by atoms with E-state index < -0.39 is 11.8 Å². The molecule has 1 heterocycles. The van der Waals surface area contributed by atoms with E-state index in [0.717, 1.165) is 6.07 Å². The minimum absolute atomic E-state index is 0.147. The van der Waals surface area contributed by atoms with Gasteiger partial charge >= 0.3 is 5.97 Å². The van der Waals surface area contributed by atoms with Gasteiger partial charge in [0, 0.05) is 6.20 Å². The van der Waals surface area contributed by atoms with Crippen LogP contribution < -0.4 is 11.1 Å². The van der Waals surface area contributed by atoms with Crippen LogP contribution in [0.4, 0.5) is 21.5 Å². The number of nitrogens with zero attached hydrogens (tertiary/aromatic N) is 1. The van der Waals surface area contributed by atoms with Crippen molar-refractivity contribution in [2.75, 3.05) is 18.2 Å². The molecule has 0 aliphatic carbocycles. The van der Waals surface area contributed by atoms with Gasteiger partial charge in [-0.05, 0) is 24.3 Å². The molecular formula is C13H12FN3O2. The van der Waals surface area contributed by atoms with E-state index in [9.17, 15) is 9.18 Å². The molecule has 3 N–H and O–H groups in total. The molecule has 6 heteroatoms. The molecule has 98 valence electrons. The molecule has 0 saturated carbocycles. The van der Waals surface area contributed by atoms with Crippen LogP contribution in [0.2, 0.25) is 0 Å². The monoisotopic (exact) mass is 261 g/mol. The van der Waals surface area contributed by atoms with E-state index in [-0.39, 0.29) is 11.3 Å². The molecule has 2 rings (SSSR count). The van der Waals surface area contributed by atoms with E-state index in [1.807, 2.05) is 0 Å². The summed E-state index contributed by atoms with van der Waals surface area (Å²) in [5.41, 5.74) is 7.00. The van der Waals surface area contributed by atoms with Gasteiger partial charge in [-0.2, -0.15) is 0 Å². The zero-order valence-electron chi connectivity index (χ0n) is 10.2. The van der Waals surface area contributed by atoms with Gasteiger partial charge in [0.2, 0.25) is 0 Å². The Labute approximate surface area is 109 Å². The number of carbonyl (C=O) groups is 1. The second-order valence-electron chi connectivity index (χ2n) is 3.77. The first-order valence-corrected chi connectivity index (χ1v) is 5.46. The van der Waals surface area contributed by atoms with Gasteiger partial charge in [-0.15, -0.1) is 0 Å². The van der Waals surface area contributed by atoms with Gasteiger partial charge in [0.15, 0.2) is 0 Å². The molecule has 1 aromatic heterocycles. The van der Waals surface area contributed by atoms with E-state index in [2.05, 4.69) is 15.0 Å². The van der Waals surface area contributed by atoms with Crippen LogP contribution in [0.25, 0.3) is 0 Å². The number of benzene rings is 1. The Morgan fingerprint density at radius 1 is 1.37 bits per heavy atom. The second-order valence-corrected chi connectivity index (χ2v) is 3.77. The zero-order valence-corrected chi connectivity index (χ0v) is 10.2. The van der Waals surface area contributed by atoms with Gasteiger partial charge in [0.25, 0.3) is 0 Å². The van der Waals surface area contributed by atoms with Crippen LogP contribution in [0, 0.1) is 5.82 Å². The van der Waals surface area contributed by atoms with Crippen LogP contribution >= 0.6 is 0 Å². The SMILES string of the molecule is COC(=O)c1ccc(Nc2ccncc2N)c(F)c1. The van der Waals surface area contributed by atoms with Gasteiger partial charge in [-0.25, -0.2) is 9.18 Å². The number of esters is 1. The lowest BCUT2D eigenvalue weighted by molar-refractivity contribution is 0.0600. The number of carbonyl (C=O) groups excluding carboxylic acids is 1.